The van der Waals surface area contributed by atoms with Gasteiger partial charge in [0.1, 0.15) is 6.29 Å². The quantitative estimate of drug-likeness (QED) is 0.459. The van der Waals surface area contributed by atoms with Crippen molar-refractivity contribution in [3.05, 3.63) is 5.82 Å². The Labute approximate surface area is 73.3 Å². The molecule has 13 heavy (non-hydrogen) atoms. The Bertz CT molecular complexity index is 396. The zero-order valence-corrected chi connectivity index (χ0v) is 7.18. The van der Waals surface area contributed by atoms with Gasteiger partial charge in [0.2, 0.25) is 0 Å². The predicted octanol–water partition coefficient (Wildman–Crippen LogP) is -1.74. The van der Waals surface area contributed by atoms with Gasteiger partial charge in [0.15, 0.2) is 11.7 Å². The molecule has 0 aliphatic carbocycles. The van der Waals surface area contributed by atoms with E-state index >= 15 is 0 Å². The summed E-state index contributed by atoms with van der Waals surface area (Å²) >= 11 is 0. The molecule has 1 aromatic heterocycles. The number of nitrogens with zero attached hydrogens (tertiary/aromatic N) is 4. The van der Waals surface area contributed by atoms with E-state index in [9.17, 15) is 13.2 Å². The Hall–Kier alpha value is -1.35. The van der Waals surface area contributed by atoms with Crippen molar-refractivity contribution in [2.75, 3.05) is 0 Å². The lowest BCUT2D eigenvalue weighted by molar-refractivity contribution is -0.107. The van der Waals surface area contributed by atoms with Crippen LogP contribution in [0.15, 0.2) is 0 Å². The van der Waals surface area contributed by atoms with Gasteiger partial charge >= 0.3 is 0 Å². The van der Waals surface area contributed by atoms with Crippen molar-refractivity contribution in [1.82, 2.24) is 20.2 Å². The summed E-state index contributed by atoms with van der Waals surface area (Å²) in [6, 6.07) is 0. The molecule has 0 aliphatic heterocycles. The highest BCUT2D eigenvalue weighted by Crippen LogP contribution is 1.95. The summed E-state index contributed by atoms with van der Waals surface area (Å²) in [4.78, 5) is 10.1. The molecule has 0 amide bonds. The molecule has 0 unspecified atom stereocenters. The third-order valence-electron chi connectivity index (χ3n) is 1.16. The van der Waals surface area contributed by atoms with Crippen LogP contribution in [0.3, 0.4) is 0 Å². The molecule has 0 aliphatic rings. The highest BCUT2D eigenvalue weighted by Gasteiger charge is 2.11. The first-order valence-corrected chi connectivity index (χ1v) is 4.77. The number of carbonyl (C=O) groups excluding carboxylic acids is 1. The van der Waals surface area contributed by atoms with Gasteiger partial charge in [-0.05, 0) is 10.4 Å². The van der Waals surface area contributed by atoms with Crippen molar-refractivity contribution in [1.29, 1.82) is 0 Å². The van der Waals surface area contributed by atoms with Crippen LogP contribution in [0, 0.1) is 0 Å². The minimum atomic E-state index is -4.18. The van der Waals surface area contributed by atoms with Crippen LogP contribution in [0.4, 0.5) is 0 Å². The number of carbonyl (C=O) groups is 1. The lowest BCUT2D eigenvalue weighted by atomic mass is 10.4. The maximum absolute atomic E-state index is 10.4. The molecule has 0 radical (unpaired) electrons. The van der Waals surface area contributed by atoms with E-state index < -0.39 is 16.0 Å². The first-order valence-electron chi connectivity index (χ1n) is 3.17. The SMILES string of the molecule is O=CCc1nnnn1CS(=O)(=O)O. The van der Waals surface area contributed by atoms with Crippen LogP contribution in [0.1, 0.15) is 5.82 Å². The van der Waals surface area contributed by atoms with E-state index in [4.69, 9.17) is 4.55 Å². The fourth-order valence-corrected chi connectivity index (χ4v) is 1.21. The zero-order chi connectivity index (χ0) is 9.90. The molecule has 1 rings (SSSR count). The molecule has 0 atom stereocenters. The number of aromatic nitrogens is 4. The zero-order valence-electron chi connectivity index (χ0n) is 6.36. The van der Waals surface area contributed by atoms with E-state index in [0.717, 1.165) is 4.68 Å². The average molecular weight is 206 g/mol. The van der Waals surface area contributed by atoms with Crippen LogP contribution in [-0.4, -0.2) is 39.5 Å². The van der Waals surface area contributed by atoms with Crippen LogP contribution in [0.5, 0.6) is 0 Å². The molecule has 9 heteroatoms. The summed E-state index contributed by atoms with van der Waals surface area (Å²) in [6.45, 7) is 0. The van der Waals surface area contributed by atoms with Crippen LogP contribution >= 0.6 is 0 Å². The molecule has 1 N–H and O–H groups in total. The van der Waals surface area contributed by atoms with Gasteiger partial charge in [-0.2, -0.15) is 8.42 Å². The van der Waals surface area contributed by atoms with Crippen molar-refractivity contribution in [2.24, 2.45) is 0 Å². The Kier molecular flexibility index (Phi) is 2.68. The van der Waals surface area contributed by atoms with Crippen LogP contribution in [-0.2, 0) is 27.2 Å². The second-order valence-corrected chi connectivity index (χ2v) is 3.60. The molecule has 8 nitrogen and oxygen atoms in total. The van der Waals surface area contributed by atoms with Gasteiger partial charge in [0, 0.05) is 0 Å². The summed E-state index contributed by atoms with van der Waals surface area (Å²) in [6.07, 6.45) is 0.439. The van der Waals surface area contributed by atoms with E-state index in [1.54, 1.807) is 0 Å². The Morgan fingerprint density at radius 2 is 2.23 bits per heavy atom. The van der Waals surface area contributed by atoms with E-state index in [0.29, 0.717) is 6.29 Å². The van der Waals surface area contributed by atoms with Gasteiger partial charge in [-0.15, -0.1) is 5.10 Å². The first-order chi connectivity index (χ1) is 6.03. The highest BCUT2D eigenvalue weighted by molar-refractivity contribution is 7.84. The summed E-state index contributed by atoms with van der Waals surface area (Å²) in [7, 11) is -4.18. The number of aldehydes is 1. The molecular formula is C4H6N4O4S. The second-order valence-electron chi connectivity index (χ2n) is 2.18. The van der Waals surface area contributed by atoms with Crippen LogP contribution in [0.2, 0.25) is 0 Å². The van der Waals surface area contributed by atoms with Gasteiger partial charge in [-0.1, -0.05) is 0 Å². The molecule has 0 fully saturated rings. The molecule has 0 saturated carbocycles. The fourth-order valence-electron chi connectivity index (χ4n) is 0.699. The summed E-state index contributed by atoms with van der Waals surface area (Å²) in [5.74, 6) is -0.656. The van der Waals surface area contributed by atoms with Gasteiger partial charge in [-0.25, -0.2) is 4.68 Å². The van der Waals surface area contributed by atoms with E-state index in [1.165, 1.54) is 0 Å². The molecule has 0 saturated heterocycles. The molecule has 1 heterocycles. The monoisotopic (exact) mass is 206 g/mol. The largest absolute Gasteiger partial charge is 0.303 e. The van der Waals surface area contributed by atoms with Crippen LogP contribution in [0.25, 0.3) is 0 Å². The molecule has 72 valence electrons. The smallest absolute Gasteiger partial charge is 0.285 e. The predicted molar refractivity (Wildman–Crippen MR) is 39.1 cm³/mol. The van der Waals surface area contributed by atoms with Gasteiger partial charge in [0.25, 0.3) is 10.1 Å². The average Bonchev–Trinajstić information content (AvgIpc) is 2.34. The minimum Gasteiger partial charge on any atom is -0.303 e. The molecule has 0 spiro atoms. The molecule has 0 bridgehead atoms. The van der Waals surface area contributed by atoms with Gasteiger partial charge in [0.05, 0.1) is 6.42 Å². The molecular weight excluding hydrogens is 200 g/mol. The van der Waals surface area contributed by atoms with Crippen molar-refractivity contribution in [3.8, 4) is 0 Å². The Balaban J connectivity index is 2.88. The number of hydrogen-bond acceptors (Lipinski definition) is 6. The van der Waals surface area contributed by atoms with Crippen LogP contribution < -0.4 is 0 Å². The third kappa shape index (κ3) is 2.87. The normalized spacial score (nSPS) is 11.5. The Morgan fingerprint density at radius 1 is 1.54 bits per heavy atom. The summed E-state index contributed by atoms with van der Waals surface area (Å²) < 4.78 is 30.1. The lowest BCUT2D eigenvalue weighted by Crippen LogP contribution is -2.14. The molecule has 0 aromatic carbocycles. The number of hydrogen-bond donors (Lipinski definition) is 1. The highest BCUT2D eigenvalue weighted by atomic mass is 32.2. The standard InChI is InChI=1S/C4H6N4O4S/c9-2-1-4-5-6-7-8(4)3-13(10,11)12/h2H,1,3H2,(H,10,11,12). The third-order valence-corrected chi connectivity index (χ3v) is 1.73. The van der Waals surface area contributed by atoms with Gasteiger partial charge < -0.3 is 4.79 Å². The Morgan fingerprint density at radius 3 is 2.77 bits per heavy atom. The van der Waals surface area contributed by atoms with E-state index in [1.807, 2.05) is 0 Å². The van der Waals surface area contributed by atoms with Crippen molar-refractivity contribution in [3.63, 3.8) is 0 Å². The first kappa shape index (κ1) is 9.74. The fraction of sp³-hybridized carbons (Fsp3) is 0.500. The number of rotatable bonds is 4. The summed E-state index contributed by atoms with van der Waals surface area (Å²) in [5.41, 5.74) is 0. The van der Waals surface area contributed by atoms with Crippen molar-refractivity contribution < 1.29 is 17.8 Å². The maximum atomic E-state index is 10.4. The second kappa shape index (κ2) is 3.58. The summed E-state index contributed by atoms with van der Waals surface area (Å²) in [5, 5.41) is 9.82. The topological polar surface area (TPSA) is 115 Å². The maximum Gasteiger partial charge on any atom is 0.285 e. The van der Waals surface area contributed by atoms with E-state index in [2.05, 4.69) is 15.5 Å². The van der Waals surface area contributed by atoms with Gasteiger partial charge in [-0.3, -0.25) is 4.55 Å². The lowest BCUT2D eigenvalue weighted by Gasteiger charge is -1.97. The molecule has 1 aromatic rings. The van der Waals surface area contributed by atoms with E-state index in [-0.39, 0.29) is 12.2 Å². The number of tetrazole rings is 1. The van der Waals surface area contributed by atoms with Crippen molar-refractivity contribution >= 4 is 16.4 Å². The van der Waals surface area contributed by atoms with Crippen molar-refractivity contribution in [2.45, 2.75) is 12.3 Å². The minimum absolute atomic E-state index is 0.0904.